The van der Waals surface area contributed by atoms with Crippen molar-refractivity contribution in [2.75, 3.05) is 30.4 Å². The number of hydrogen-bond donors (Lipinski definition) is 1. The van der Waals surface area contributed by atoms with Crippen LogP contribution in [0.25, 0.3) is 0 Å². The third-order valence-corrected chi connectivity index (χ3v) is 5.74. The van der Waals surface area contributed by atoms with Gasteiger partial charge in [-0.15, -0.1) is 0 Å². The Hall–Kier alpha value is -3.94. The van der Waals surface area contributed by atoms with Gasteiger partial charge < -0.3 is 14.5 Å². The zero-order valence-corrected chi connectivity index (χ0v) is 19.7. The molecule has 1 N–H and O–H groups in total. The van der Waals surface area contributed by atoms with Gasteiger partial charge in [0, 0.05) is 36.4 Å². The summed E-state index contributed by atoms with van der Waals surface area (Å²) in [5.74, 6) is 0.620. The van der Waals surface area contributed by atoms with Crippen LogP contribution in [0, 0.1) is 13.8 Å². The van der Waals surface area contributed by atoms with E-state index < -0.39 is 12.2 Å². The molecule has 1 aliphatic rings. The van der Waals surface area contributed by atoms with E-state index in [0.717, 1.165) is 23.5 Å². The average Bonchev–Trinajstić information content (AvgIpc) is 3.16. The number of nitrogens with one attached hydrogen (secondary N) is 1. The number of rotatable bonds is 7. The Morgan fingerprint density at radius 2 is 1.76 bits per heavy atom. The van der Waals surface area contributed by atoms with E-state index in [1.807, 2.05) is 74.3 Å². The van der Waals surface area contributed by atoms with E-state index in [2.05, 4.69) is 15.3 Å². The summed E-state index contributed by atoms with van der Waals surface area (Å²) in [4.78, 5) is 37.3. The van der Waals surface area contributed by atoms with Crippen molar-refractivity contribution in [3.05, 3.63) is 77.6 Å². The molecule has 1 fully saturated rings. The van der Waals surface area contributed by atoms with Crippen molar-refractivity contribution >= 4 is 29.3 Å². The standard InChI is InChI=1S/C26H29N5O3/c1-18-15-19(2)28-25(27-18)30(3)22-11-9-21(10-12-22)29-26(33)34-23-16-24(32)31(17-23)14-13-20-7-5-4-6-8-20/h4-12,15,23H,13-14,16-17H2,1-3H3,(H,29,33). The molecule has 0 spiro atoms. The average molecular weight is 460 g/mol. The minimum atomic E-state index is -0.568. The number of hydrogen-bond acceptors (Lipinski definition) is 6. The van der Waals surface area contributed by atoms with Crippen molar-refractivity contribution in [2.24, 2.45) is 0 Å². The number of amides is 2. The number of carbonyl (C=O) groups is 2. The summed E-state index contributed by atoms with van der Waals surface area (Å²) in [5, 5.41) is 2.74. The van der Waals surface area contributed by atoms with E-state index in [-0.39, 0.29) is 12.3 Å². The van der Waals surface area contributed by atoms with Gasteiger partial charge in [-0.1, -0.05) is 30.3 Å². The highest BCUT2D eigenvalue weighted by Crippen LogP contribution is 2.23. The molecule has 34 heavy (non-hydrogen) atoms. The van der Waals surface area contributed by atoms with Crippen LogP contribution in [-0.4, -0.2) is 53.1 Å². The summed E-state index contributed by atoms with van der Waals surface area (Å²) in [7, 11) is 1.89. The summed E-state index contributed by atoms with van der Waals surface area (Å²) in [6.07, 6.45) is -0.0294. The fraction of sp³-hybridized carbons (Fsp3) is 0.308. The number of aromatic nitrogens is 2. The van der Waals surface area contributed by atoms with Gasteiger partial charge in [-0.25, -0.2) is 14.8 Å². The van der Waals surface area contributed by atoms with Crippen molar-refractivity contribution in [3.8, 4) is 0 Å². The molecule has 1 saturated heterocycles. The van der Waals surface area contributed by atoms with E-state index in [1.54, 1.807) is 17.0 Å². The third kappa shape index (κ3) is 5.89. The lowest BCUT2D eigenvalue weighted by atomic mass is 10.1. The topological polar surface area (TPSA) is 87.7 Å². The fourth-order valence-electron chi connectivity index (χ4n) is 3.98. The molecule has 0 radical (unpaired) electrons. The maximum absolute atomic E-state index is 12.4. The van der Waals surface area contributed by atoms with Crippen LogP contribution in [0.15, 0.2) is 60.7 Å². The predicted octanol–water partition coefficient (Wildman–Crippen LogP) is 4.25. The Kier molecular flexibility index (Phi) is 7.06. The molecule has 2 amide bonds. The second-order valence-corrected chi connectivity index (χ2v) is 8.49. The summed E-state index contributed by atoms with van der Waals surface area (Å²) < 4.78 is 5.50. The SMILES string of the molecule is Cc1cc(C)nc(N(C)c2ccc(NC(=O)OC3CC(=O)N(CCc4ccccc4)C3)cc2)n1. The van der Waals surface area contributed by atoms with Gasteiger partial charge in [-0.3, -0.25) is 10.1 Å². The van der Waals surface area contributed by atoms with Crippen molar-refractivity contribution < 1.29 is 14.3 Å². The Morgan fingerprint density at radius 3 is 2.44 bits per heavy atom. The molecule has 1 aromatic heterocycles. The normalized spacial score (nSPS) is 15.3. The lowest BCUT2D eigenvalue weighted by Gasteiger charge is -2.19. The number of anilines is 3. The lowest BCUT2D eigenvalue weighted by molar-refractivity contribution is -0.127. The molecule has 0 bridgehead atoms. The van der Waals surface area contributed by atoms with Crippen molar-refractivity contribution in [1.82, 2.24) is 14.9 Å². The number of nitrogens with zero attached hydrogens (tertiary/aromatic N) is 4. The van der Waals surface area contributed by atoms with Crippen molar-refractivity contribution in [1.29, 1.82) is 0 Å². The van der Waals surface area contributed by atoms with E-state index in [9.17, 15) is 9.59 Å². The van der Waals surface area contributed by atoms with Crippen LogP contribution in [0.3, 0.4) is 0 Å². The maximum Gasteiger partial charge on any atom is 0.411 e. The minimum Gasteiger partial charge on any atom is -0.444 e. The number of likely N-dealkylation sites (tertiary alicyclic amines) is 1. The van der Waals surface area contributed by atoms with Gasteiger partial charge in [0.2, 0.25) is 11.9 Å². The third-order valence-electron chi connectivity index (χ3n) is 5.74. The zero-order chi connectivity index (χ0) is 24.1. The molecule has 2 heterocycles. The smallest absolute Gasteiger partial charge is 0.411 e. The first-order chi connectivity index (χ1) is 16.4. The summed E-state index contributed by atoms with van der Waals surface area (Å²) in [6, 6.07) is 19.3. The molecular formula is C26H29N5O3. The Labute approximate surface area is 199 Å². The monoisotopic (exact) mass is 459 g/mol. The molecule has 1 aliphatic heterocycles. The van der Waals surface area contributed by atoms with Gasteiger partial charge >= 0.3 is 6.09 Å². The highest BCUT2D eigenvalue weighted by atomic mass is 16.6. The summed E-state index contributed by atoms with van der Waals surface area (Å²) in [5.41, 5.74) is 4.47. The fourth-order valence-corrected chi connectivity index (χ4v) is 3.98. The number of benzene rings is 2. The largest absolute Gasteiger partial charge is 0.444 e. The summed E-state index contributed by atoms with van der Waals surface area (Å²) in [6.45, 7) is 4.90. The van der Waals surface area contributed by atoms with E-state index in [4.69, 9.17) is 4.74 Å². The van der Waals surface area contributed by atoms with E-state index in [0.29, 0.717) is 24.7 Å². The van der Waals surface area contributed by atoms with Crippen LogP contribution in [0.4, 0.5) is 22.1 Å². The van der Waals surface area contributed by atoms with Gasteiger partial charge in [-0.2, -0.15) is 0 Å². The van der Waals surface area contributed by atoms with Gasteiger partial charge in [0.25, 0.3) is 0 Å². The highest BCUT2D eigenvalue weighted by Gasteiger charge is 2.32. The minimum absolute atomic E-state index is 0.00901. The Morgan fingerprint density at radius 1 is 1.09 bits per heavy atom. The van der Waals surface area contributed by atoms with E-state index in [1.165, 1.54) is 5.56 Å². The molecule has 2 aromatic carbocycles. The molecule has 8 heteroatoms. The second-order valence-electron chi connectivity index (χ2n) is 8.49. The van der Waals surface area contributed by atoms with Crippen molar-refractivity contribution in [2.45, 2.75) is 32.8 Å². The van der Waals surface area contributed by atoms with Crippen LogP contribution in [-0.2, 0) is 16.0 Å². The van der Waals surface area contributed by atoms with Crippen LogP contribution in [0.2, 0.25) is 0 Å². The Bertz CT molecular complexity index is 1130. The van der Waals surface area contributed by atoms with Crippen LogP contribution >= 0.6 is 0 Å². The van der Waals surface area contributed by atoms with E-state index >= 15 is 0 Å². The summed E-state index contributed by atoms with van der Waals surface area (Å²) >= 11 is 0. The van der Waals surface area contributed by atoms with Gasteiger partial charge in [0.1, 0.15) is 6.10 Å². The maximum atomic E-state index is 12.4. The predicted molar refractivity (Wildman–Crippen MR) is 131 cm³/mol. The molecule has 4 rings (SSSR count). The molecule has 1 atom stereocenters. The molecule has 0 saturated carbocycles. The quantitative estimate of drug-likeness (QED) is 0.568. The first kappa shape index (κ1) is 23.2. The highest BCUT2D eigenvalue weighted by molar-refractivity contribution is 5.86. The molecular weight excluding hydrogens is 430 g/mol. The molecule has 176 valence electrons. The van der Waals surface area contributed by atoms with Crippen LogP contribution in [0.5, 0.6) is 0 Å². The number of ether oxygens (including phenoxy) is 1. The molecule has 3 aromatic rings. The van der Waals surface area contributed by atoms with Crippen LogP contribution < -0.4 is 10.2 Å². The second kappa shape index (κ2) is 10.3. The number of aryl methyl sites for hydroxylation is 2. The number of carbonyl (C=O) groups excluding carboxylic acids is 2. The van der Waals surface area contributed by atoms with Crippen molar-refractivity contribution in [3.63, 3.8) is 0 Å². The Balaban J connectivity index is 1.28. The molecule has 8 nitrogen and oxygen atoms in total. The zero-order valence-electron chi connectivity index (χ0n) is 19.7. The molecule has 1 unspecified atom stereocenters. The van der Waals surface area contributed by atoms with Gasteiger partial charge in [-0.05, 0) is 56.2 Å². The van der Waals surface area contributed by atoms with Crippen LogP contribution in [0.1, 0.15) is 23.4 Å². The van der Waals surface area contributed by atoms with Gasteiger partial charge in [0.05, 0.1) is 13.0 Å². The lowest BCUT2D eigenvalue weighted by Crippen LogP contribution is -2.29. The molecule has 0 aliphatic carbocycles. The van der Waals surface area contributed by atoms with Gasteiger partial charge in [0.15, 0.2) is 0 Å². The first-order valence-electron chi connectivity index (χ1n) is 11.3. The first-order valence-corrected chi connectivity index (χ1v) is 11.3.